The fourth-order valence-corrected chi connectivity index (χ4v) is 2.21. The zero-order valence-electron chi connectivity index (χ0n) is 8.86. The molecule has 2 aromatic heterocycles. The first-order valence-corrected chi connectivity index (χ1v) is 5.02. The van der Waals surface area contributed by atoms with Gasteiger partial charge in [-0.25, -0.2) is 4.98 Å². The third-order valence-corrected chi connectivity index (χ3v) is 3.01. The van der Waals surface area contributed by atoms with E-state index in [1.54, 1.807) is 6.20 Å². The zero-order chi connectivity index (χ0) is 10.6. The highest BCUT2D eigenvalue weighted by Gasteiger charge is 2.23. The Balaban J connectivity index is 2.46. The quantitative estimate of drug-likeness (QED) is 0.681. The molecule has 0 radical (unpaired) electrons. The minimum atomic E-state index is 0.640. The lowest BCUT2D eigenvalue weighted by molar-refractivity contribution is 0.883. The van der Waals surface area contributed by atoms with E-state index in [1.165, 1.54) is 5.56 Å². The molecule has 3 rings (SSSR count). The molecule has 5 nitrogen and oxygen atoms in total. The molecule has 0 aromatic carbocycles. The molecular weight excluding hydrogens is 190 g/mol. The Kier molecular flexibility index (Phi) is 1.49. The number of nitrogen functional groups attached to an aromatic ring is 1. The van der Waals surface area contributed by atoms with E-state index in [4.69, 9.17) is 5.73 Å². The van der Waals surface area contributed by atoms with E-state index in [2.05, 4.69) is 22.0 Å². The lowest BCUT2D eigenvalue weighted by Gasteiger charge is -2.13. The highest BCUT2D eigenvalue weighted by molar-refractivity contribution is 5.69. The summed E-state index contributed by atoms with van der Waals surface area (Å²) >= 11 is 0. The molecule has 2 aromatic rings. The van der Waals surface area contributed by atoms with Crippen LogP contribution in [-0.4, -0.2) is 28.2 Å². The molecule has 0 atom stereocenters. The van der Waals surface area contributed by atoms with Crippen LogP contribution >= 0.6 is 0 Å². The monoisotopic (exact) mass is 203 g/mol. The maximum atomic E-state index is 5.82. The molecule has 0 bridgehead atoms. The molecule has 0 saturated carbocycles. The van der Waals surface area contributed by atoms with Crippen molar-refractivity contribution in [1.82, 2.24) is 14.6 Å². The summed E-state index contributed by atoms with van der Waals surface area (Å²) in [5.74, 6) is 1.13. The largest absolute Gasteiger partial charge is 0.394 e. The molecular formula is C10H13N5. The van der Waals surface area contributed by atoms with Crippen LogP contribution in [0.15, 0.2) is 6.20 Å². The van der Waals surface area contributed by atoms with Crippen LogP contribution < -0.4 is 10.6 Å². The van der Waals surface area contributed by atoms with E-state index < -0.39 is 0 Å². The number of rotatable bonds is 0. The summed E-state index contributed by atoms with van der Waals surface area (Å²) in [5.41, 5.74) is 9.57. The first-order valence-electron chi connectivity index (χ1n) is 5.02. The Morgan fingerprint density at radius 3 is 3.07 bits per heavy atom. The lowest BCUT2D eigenvalue weighted by Crippen LogP contribution is -2.16. The molecule has 5 heteroatoms. The second kappa shape index (κ2) is 2.62. The van der Waals surface area contributed by atoms with Crippen LogP contribution in [0.25, 0.3) is 5.65 Å². The molecule has 0 spiro atoms. The van der Waals surface area contributed by atoms with Crippen molar-refractivity contribution in [2.45, 2.75) is 13.3 Å². The van der Waals surface area contributed by atoms with Crippen molar-refractivity contribution in [1.29, 1.82) is 0 Å². The van der Waals surface area contributed by atoms with Crippen LogP contribution in [0.4, 0.5) is 11.5 Å². The van der Waals surface area contributed by atoms with Crippen molar-refractivity contribution < 1.29 is 0 Å². The zero-order valence-corrected chi connectivity index (χ0v) is 8.86. The Morgan fingerprint density at radius 1 is 1.47 bits per heavy atom. The van der Waals surface area contributed by atoms with Crippen molar-refractivity contribution in [3.05, 3.63) is 17.5 Å². The highest BCUT2D eigenvalue weighted by Crippen LogP contribution is 2.30. The van der Waals surface area contributed by atoms with Gasteiger partial charge in [0, 0.05) is 24.8 Å². The normalized spacial score (nSPS) is 14.9. The lowest BCUT2D eigenvalue weighted by atomic mass is 10.2. The minimum absolute atomic E-state index is 0.640. The van der Waals surface area contributed by atoms with Gasteiger partial charge in [0.1, 0.15) is 5.82 Å². The summed E-state index contributed by atoms with van der Waals surface area (Å²) in [4.78, 5) is 6.69. The Morgan fingerprint density at radius 2 is 2.27 bits per heavy atom. The number of hydrogen-bond donors (Lipinski definition) is 1. The average Bonchev–Trinajstić information content (AvgIpc) is 2.73. The molecule has 1 aliphatic heterocycles. The van der Waals surface area contributed by atoms with Crippen LogP contribution in [0.1, 0.15) is 11.3 Å². The molecule has 15 heavy (non-hydrogen) atoms. The Labute approximate surface area is 87.5 Å². The van der Waals surface area contributed by atoms with Crippen molar-refractivity contribution in [2.24, 2.45) is 0 Å². The molecule has 3 heterocycles. The maximum Gasteiger partial charge on any atom is 0.180 e. The third kappa shape index (κ3) is 0.973. The van der Waals surface area contributed by atoms with Crippen LogP contribution in [0.2, 0.25) is 0 Å². The Hall–Kier alpha value is -1.78. The van der Waals surface area contributed by atoms with Crippen LogP contribution in [-0.2, 0) is 6.42 Å². The van der Waals surface area contributed by atoms with Crippen molar-refractivity contribution in [3.63, 3.8) is 0 Å². The van der Waals surface area contributed by atoms with E-state index >= 15 is 0 Å². The average molecular weight is 203 g/mol. The second-order valence-corrected chi connectivity index (χ2v) is 4.01. The Bertz CT molecular complexity index is 542. The van der Waals surface area contributed by atoms with E-state index in [-0.39, 0.29) is 0 Å². The molecule has 2 N–H and O–H groups in total. The van der Waals surface area contributed by atoms with Gasteiger partial charge < -0.3 is 10.6 Å². The number of nitrogens with zero attached hydrogens (tertiary/aromatic N) is 4. The molecule has 0 amide bonds. The van der Waals surface area contributed by atoms with Crippen molar-refractivity contribution >= 4 is 17.2 Å². The van der Waals surface area contributed by atoms with Gasteiger partial charge in [-0.05, 0) is 13.3 Å². The molecule has 1 aliphatic rings. The summed E-state index contributed by atoms with van der Waals surface area (Å²) in [6.07, 6.45) is 2.70. The number of nitrogens with two attached hydrogens (primary N) is 1. The smallest absolute Gasteiger partial charge is 0.180 e. The number of fused-ring (bicyclic) bond motifs is 3. The summed E-state index contributed by atoms with van der Waals surface area (Å²) < 4.78 is 1.84. The van der Waals surface area contributed by atoms with Gasteiger partial charge in [-0.1, -0.05) is 0 Å². The molecule has 0 aliphatic carbocycles. The van der Waals surface area contributed by atoms with Crippen LogP contribution in [0, 0.1) is 6.92 Å². The first-order chi connectivity index (χ1) is 7.18. The van der Waals surface area contributed by atoms with Crippen LogP contribution in [0.3, 0.4) is 0 Å². The molecule has 0 unspecified atom stereocenters. The predicted molar refractivity (Wildman–Crippen MR) is 59.1 cm³/mol. The SMILES string of the molecule is Cc1nc2c(N)cnn2c2c1CCN2C. The number of aryl methyl sites for hydroxylation is 1. The summed E-state index contributed by atoms with van der Waals surface area (Å²) in [6, 6.07) is 0. The first kappa shape index (κ1) is 8.52. The standard InChI is InChI=1S/C10H13N5/c1-6-7-3-4-14(2)10(7)15-9(13-6)8(11)5-12-15/h5H,3-4,11H2,1-2H3. The summed E-state index contributed by atoms with van der Waals surface area (Å²) in [6.45, 7) is 3.06. The van der Waals surface area contributed by atoms with Gasteiger partial charge in [-0.2, -0.15) is 9.61 Å². The molecule has 0 saturated heterocycles. The van der Waals surface area contributed by atoms with Crippen molar-refractivity contribution in [2.75, 3.05) is 24.2 Å². The van der Waals surface area contributed by atoms with Crippen molar-refractivity contribution in [3.8, 4) is 0 Å². The topological polar surface area (TPSA) is 59.4 Å². The third-order valence-electron chi connectivity index (χ3n) is 3.01. The van der Waals surface area contributed by atoms with Gasteiger partial charge in [-0.15, -0.1) is 0 Å². The van der Waals surface area contributed by atoms with Gasteiger partial charge in [0.2, 0.25) is 0 Å². The van der Waals surface area contributed by atoms with E-state index in [0.717, 1.165) is 30.1 Å². The van der Waals surface area contributed by atoms with Gasteiger partial charge in [-0.3, -0.25) is 0 Å². The van der Waals surface area contributed by atoms with Gasteiger partial charge in [0.25, 0.3) is 0 Å². The van der Waals surface area contributed by atoms with Gasteiger partial charge >= 0.3 is 0 Å². The maximum absolute atomic E-state index is 5.82. The van der Waals surface area contributed by atoms with Gasteiger partial charge in [0.15, 0.2) is 5.65 Å². The second-order valence-electron chi connectivity index (χ2n) is 4.01. The van der Waals surface area contributed by atoms with E-state index in [0.29, 0.717) is 5.69 Å². The van der Waals surface area contributed by atoms with Gasteiger partial charge in [0.05, 0.1) is 11.9 Å². The van der Waals surface area contributed by atoms with Crippen LogP contribution in [0.5, 0.6) is 0 Å². The fourth-order valence-electron chi connectivity index (χ4n) is 2.21. The number of aromatic nitrogens is 3. The van der Waals surface area contributed by atoms with E-state index in [1.807, 2.05) is 11.4 Å². The predicted octanol–water partition coefficient (Wildman–Crippen LogP) is 0.612. The molecule has 0 fully saturated rings. The number of hydrogen-bond acceptors (Lipinski definition) is 4. The highest BCUT2D eigenvalue weighted by atomic mass is 15.4. The van der Waals surface area contributed by atoms with E-state index in [9.17, 15) is 0 Å². The fraction of sp³-hybridized carbons (Fsp3) is 0.400. The summed E-state index contributed by atoms with van der Waals surface area (Å²) in [7, 11) is 2.07. The summed E-state index contributed by atoms with van der Waals surface area (Å²) in [5, 5.41) is 4.27. The molecule has 78 valence electrons. The number of likely N-dealkylation sites (N-methyl/N-ethyl adjacent to an activating group) is 1. The number of anilines is 2. The minimum Gasteiger partial charge on any atom is -0.394 e.